The Morgan fingerprint density at radius 2 is 1.79 bits per heavy atom. The molecule has 0 amide bonds. The summed E-state index contributed by atoms with van der Waals surface area (Å²) in [6.07, 6.45) is 1.18. The van der Waals surface area contributed by atoms with Gasteiger partial charge in [-0.2, -0.15) is 0 Å². The Bertz CT molecular complexity index is 680. The third-order valence-electron chi connectivity index (χ3n) is 2.26. The van der Waals surface area contributed by atoms with Crippen molar-refractivity contribution < 1.29 is 8.42 Å². The second kappa shape index (κ2) is 5.48. The summed E-state index contributed by atoms with van der Waals surface area (Å²) >= 11 is 7.26. The van der Waals surface area contributed by atoms with Crippen molar-refractivity contribution in [1.82, 2.24) is 9.97 Å². The lowest BCUT2D eigenvalue weighted by Gasteiger charge is -2.03. The lowest BCUT2D eigenvalue weighted by molar-refractivity contribution is 0.602. The van der Waals surface area contributed by atoms with Crippen molar-refractivity contribution in [3.63, 3.8) is 0 Å². The fourth-order valence-electron chi connectivity index (χ4n) is 1.43. The number of rotatable bonds is 3. The Balaban J connectivity index is 2.24. The number of sulfone groups is 1. The Morgan fingerprint density at radius 1 is 1.16 bits per heavy atom. The first-order valence-electron chi connectivity index (χ1n) is 5.34. The van der Waals surface area contributed by atoms with Gasteiger partial charge in [-0.3, -0.25) is 0 Å². The molecule has 0 N–H and O–H groups in total. The number of benzene rings is 1. The molecule has 1 aromatic heterocycles. The van der Waals surface area contributed by atoms with Gasteiger partial charge in [0.1, 0.15) is 16.0 Å². The fraction of sp³-hybridized carbons (Fsp3) is 0.167. The van der Waals surface area contributed by atoms with Crippen LogP contribution in [0.1, 0.15) is 5.82 Å². The monoisotopic (exact) mass is 314 g/mol. The zero-order valence-electron chi connectivity index (χ0n) is 10.3. The summed E-state index contributed by atoms with van der Waals surface area (Å²) in [7, 11) is -3.16. The van der Waals surface area contributed by atoms with Gasteiger partial charge in [-0.1, -0.05) is 23.4 Å². The molecule has 2 aromatic rings. The summed E-state index contributed by atoms with van der Waals surface area (Å²) in [4.78, 5) is 9.42. The summed E-state index contributed by atoms with van der Waals surface area (Å²) in [5.74, 6) is 0.600. The van der Waals surface area contributed by atoms with E-state index in [4.69, 9.17) is 11.6 Å². The average Bonchev–Trinajstić information content (AvgIpc) is 2.26. The van der Waals surface area contributed by atoms with Gasteiger partial charge >= 0.3 is 0 Å². The summed E-state index contributed by atoms with van der Waals surface area (Å²) < 4.78 is 22.7. The number of aryl methyl sites for hydroxylation is 1. The van der Waals surface area contributed by atoms with Crippen molar-refractivity contribution in [2.45, 2.75) is 21.7 Å². The van der Waals surface area contributed by atoms with Gasteiger partial charge in [0, 0.05) is 17.2 Å². The van der Waals surface area contributed by atoms with Gasteiger partial charge in [-0.15, -0.1) is 0 Å². The van der Waals surface area contributed by atoms with Crippen LogP contribution in [0.3, 0.4) is 0 Å². The molecule has 0 aliphatic heterocycles. The van der Waals surface area contributed by atoms with Gasteiger partial charge in [0.2, 0.25) is 0 Å². The molecule has 0 aliphatic carbocycles. The van der Waals surface area contributed by atoms with E-state index < -0.39 is 9.84 Å². The Hall–Kier alpha value is -1.11. The Morgan fingerprint density at radius 3 is 2.32 bits per heavy atom. The molecule has 1 heterocycles. The van der Waals surface area contributed by atoms with Crippen LogP contribution in [0.5, 0.6) is 0 Å². The minimum atomic E-state index is -3.16. The molecule has 2 rings (SSSR count). The van der Waals surface area contributed by atoms with E-state index in [1.54, 1.807) is 37.3 Å². The second-order valence-electron chi connectivity index (χ2n) is 3.92. The minimum absolute atomic E-state index is 0.300. The molecule has 0 spiro atoms. The van der Waals surface area contributed by atoms with Crippen molar-refractivity contribution in [2.75, 3.05) is 6.26 Å². The zero-order valence-corrected chi connectivity index (χ0v) is 12.7. The SMILES string of the molecule is Cc1nc(Cl)cc(Sc2ccc(S(C)(=O)=O)cc2)n1. The molecule has 0 fully saturated rings. The van der Waals surface area contributed by atoms with Gasteiger partial charge < -0.3 is 0 Å². The smallest absolute Gasteiger partial charge is 0.175 e. The van der Waals surface area contributed by atoms with Gasteiger partial charge in [-0.05, 0) is 31.2 Å². The lowest BCUT2D eigenvalue weighted by Crippen LogP contribution is -1.96. The van der Waals surface area contributed by atoms with Gasteiger partial charge in [0.15, 0.2) is 9.84 Å². The molecular formula is C12H11ClN2O2S2. The van der Waals surface area contributed by atoms with Crippen LogP contribution in [0.2, 0.25) is 5.15 Å². The third-order valence-corrected chi connectivity index (χ3v) is 4.51. The summed E-state index contributed by atoms with van der Waals surface area (Å²) in [5, 5.41) is 1.12. The van der Waals surface area contributed by atoms with E-state index in [0.29, 0.717) is 15.9 Å². The van der Waals surface area contributed by atoms with Gasteiger partial charge in [-0.25, -0.2) is 18.4 Å². The number of halogens is 1. The minimum Gasteiger partial charge on any atom is -0.226 e. The summed E-state index contributed by atoms with van der Waals surface area (Å²) in [6, 6.07) is 8.31. The Kier molecular flexibility index (Phi) is 4.13. The van der Waals surface area contributed by atoms with Gasteiger partial charge in [0.05, 0.1) is 4.90 Å². The predicted octanol–water partition coefficient (Wildman–Crippen LogP) is 2.99. The van der Waals surface area contributed by atoms with Crippen LogP contribution < -0.4 is 0 Å². The van der Waals surface area contributed by atoms with E-state index in [1.165, 1.54) is 18.0 Å². The predicted molar refractivity (Wildman–Crippen MR) is 75.5 cm³/mol. The number of hydrogen-bond acceptors (Lipinski definition) is 5. The van der Waals surface area contributed by atoms with E-state index in [1.807, 2.05) is 0 Å². The maximum Gasteiger partial charge on any atom is 0.175 e. The van der Waals surface area contributed by atoms with Gasteiger partial charge in [0.25, 0.3) is 0 Å². The highest BCUT2D eigenvalue weighted by molar-refractivity contribution is 7.99. The normalized spacial score (nSPS) is 11.5. The largest absolute Gasteiger partial charge is 0.226 e. The highest BCUT2D eigenvalue weighted by Gasteiger charge is 2.07. The fourth-order valence-corrected chi connectivity index (χ4v) is 3.22. The maximum absolute atomic E-state index is 11.3. The quantitative estimate of drug-likeness (QED) is 0.815. The number of nitrogens with zero attached hydrogens (tertiary/aromatic N) is 2. The van der Waals surface area contributed by atoms with Crippen molar-refractivity contribution in [3.8, 4) is 0 Å². The van der Waals surface area contributed by atoms with E-state index >= 15 is 0 Å². The molecule has 19 heavy (non-hydrogen) atoms. The van der Waals surface area contributed by atoms with E-state index in [0.717, 1.165) is 9.92 Å². The van der Waals surface area contributed by atoms with E-state index in [-0.39, 0.29) is 0 Å². The van der Waals surface area contributed by atoms with E-state index in [9.17, 15) is 8.42 Å². The first-order valence-corrected chi connectivity index (χ1v) is 8.42. The van der Waals surface area contributed by atoms with Crippen molar-refractivity contribution in [2.24, 2.45) is 0 Å². The molecule has 100 valence electrons. The van der Waals surface area contributed by atoms with Crippen LogP contribution in [0.4, 0.5) is 0 Å². The Labute approximate surface area is 121 Å². The summed E-state index contributed by atoms with van der Waals surface area (Å²) in [6.45, 7) is 1.77. The molecule has 0 bridgehead atoms. The molecule has 0 atom stereocenters. The molecule has 0 saturated carbocycles. The maximum atomic E-state index is 11.3. The molecule has 4 nitrogen and oxygen atoms in total. The van der Waals surface area contributed by atoms with Crippen LogP contribution in [-0.2, 0) is 9.84 Å². The third kappa shape index (κ3) is 3.92. The molecule has 0 radical (unpaired) electrons. The molecule has 0 unspecified atom stereocenters. The van der Waals surface area contributed by atoms with Crippen LogP contribution in [0.15, 0.2) is 45.1 Å². The van der Waals surface area contributed by atoms with Crippen LogP contribution >= 0.6 is 23.4 Å². The first kappa shape index (κ1) is 14.3. The molecular weight excluding hydrogens is 304 g/mol. The highest BCUT2D eigenvalue weighted by Crippen LogP contribution is 2.28. The standard InChI is InChI=1S/C12H11ClN2O2S2/c1-8-14-11(13)7-12(15-8)18-9-3-5-10(6-4-9)19(2,16)17/h3-7H,1-2H3. The van der Waals surface area contributed by atoms with Crippen molar-refractivity contribution >= 4 is 33.2 Å². The lowest BCUT2D eigenvalue weighted by atomic mass is 10.4. The van der Waals surface area contributed by atoms with Crippen LogP contribution in [0, 0.1) is 6.92 Å². The molecule has 0 aliphatic rings. The molecule has 7 heteroatoms. The molecule has 0 saturated heterocycles. The second-order valence-corrected chi connectivity index (χ2v) is 7.42. The zero-order chi connectivity index (χ0) is 14.0. The average molecular weight is 315 g/mol. The van der Waals surface area contributed by atoms with Crippen molar-refractivity contribution in [1.29, 1.82) is 0 Å². The number of hydrogen-bond donors (Lipinski definition) is 0. The topological polar surface area (TPSA) is 59.9 Å². The molecule has 1 aromatic carbocycles. The van der Waals surface area contributed by atoms with E-state index in [2.05, 4.69) is 9.97 Å². The highest BCUT2D eigenvalue weighted by atomic mass is 35.5. The summed E-state index contributed by atoms with van der Waals surface area (Å²) in [5.41, 5.74) is 0. The van der Waals surface area contributed by atoms with Crippen LogP contribution in [-0.4, -0.2) is 24.6 Å². The van der Waals surface area contributed by atoms with Crippen LogP contribution in [0.25, 0.3) is 0 Å². The first-order chi connectivity index (χ1) is 8.84. The van der Waals surface area contributed by atoms with Crippen molar-refractivity contribution in [3.05, 3.63) is 41.3 Å². The number of aromatic nitrogens is 2.